The molecule has 1 atom stereocenters. The molecule has 2 rings (SSSR count). The molecule has 0 aromatic heterocycles. The van der Waals surface area contributed by atoms with Crippen LogP contribution < -0.4 is 10.6 Å². The molecule has 0 heterocycles. The van der Waals surface area contributed by atoms with Gasteiger partial charge in [0.15, 0.2) is 0 Å². The van der Waals surface area contributed by atoms with Gasteiger partial charge in [0.25, 0.3) is 5.91 Å². The van der Waals surface area contributed by atoms with Crippen molar-refractivity contribution in [2.75, 3.05) is 6.54 Å². The average molecular weight is 381 g/mol. The number of carbonyl (C=O) groups is 2. The van der Waals surface area contributed by atoms with E-state index in [1.807, 2.05) is 25.1 Å². The first-order chi connectivity index (χ1) is 12.4. The summed E-state index contributed by atoms with van der Waals surface area (Å²) in [5, 5.41) is 5.92. The molecule has 0 saturated heterocycles. The lowest BCUT2D eigenvalue weighted by atomic mass is 10.1. The SMILES string of the molecule is CC(NC(=O)CCCNC(=O)c1ccc(F)cc1F)c1ccccc1Cl. The lowest BCUT2D eigenvalue weighted by Gasteiger charge is -2.15. The van der Waals surface area contributed by atoms with Crippen molar-refractivity contribution in [1.29, 1.82) is 0 Å². The van der Waals surface area contributed by atoms with E-state index < -0.39 is 17.5 Å². The highest BCUT2D eigenvalue weighted by Crippen LogP contribution is 2.22. The molecule has 0 bridgehead atoms. The highest BCUT2D eigenvalue weighted by Gasteiger charge is 2.14. The molecule has 0 saturated carbocycles. The van der Waals surface area contributed by atoms with E-state index in [0.29, 0.717) is 17.5 Å². The van der Waals surface area contributed by atoms with E-state index in [1.54, 1.807) is 6.07 Å². The monoisotopic (exact) mass is 380 g/mol. The zero-order valence-corrected chi connectivity index (χ0v) is 14.9. The van der Waals surface area contributed by atoms with Gasteiger partial charge in [-0.3, -0.25) is 9.59 Å². The average Bonchev–Trinajstić information content (AvgIpc) is 2.58. The minimum absolute atomic E-state index is 0.181. The third-order valence-electron chi connectivity index (χ3n) is 3.79. The molecule has 7 heteroatoms. The normalized spacial score (nSPS) is 11.7. The Morgan fingerprint density at radius 3 is 2.58 bits per heavy atom. The molecule has 0 aliphatic heterocycles. The number of rotatable bonds is 7. The van der Waals surface area contributed by atoms with Crippen molar-refractivity contribution in [2.24, 2.45) is 0 Å². The summed E-state index contributed by atoms with van der Waals surface area (Å²) < 4.78 is 26.3. The Morgan fingerprint density at radius 1 is 1.15 bits per heavy atom. The summed E-state index contributed by atoms with van der Waals surface area (Å²) in [5.41, 5.74) is 0.589. The molecule has 0 fully saturated rings. The Hall–Kier alpha value is -2.47. The molecule has 26 heavy (non-hydrogen) atoms. The Bertz CT molecular complexity index is 799. The van der Waals surface area contributed by atoms with Crippen LogP contribution in [0.25, 0.3) is 0 Å². The highest BCUT2D eigenvalue weighted by atomic mass is 35.5. The van der Waals surface area contributed by atoms with E-state index in [-0.39, 0.29) is 30.5 Å². The lowest BCUT2D eigenvalue weighted by molar-refractivity contribution is -0.121. The summed E-state index contributed by atoms with van der Waals surface area (Å²) in [4.78, 5) is 23.8. The van der Waals surface area contributed by atoms with Crippen LogP contribution in [0.2, 0.25) is 5.02 Å². The standard InChI is InChI=1S/C19H19ClF2N2O2/c1-12(14-5-2-3-6-16(14)20)24-18(25)7-4-10-23-19(26)15-9-8-13(21)11-17(15)22/h2-3,5-6,8-9,11-12H,4,7,10H2,1H3,(H,23,26)(H,24,25). The van der Waals surface area contributed by atoms with Gasteiger partial charge in [-0.05, 0) is 37.1 Å². The van der Waals surface area contributed by atoms with Crippen molar-refractivity contribution < 1.29 is 18.4 Å². The fraction of sp³-hybridized carbons (Fsp3) is 0.263. The van der Waals surface area contributed by atoms with Gasteiger partial charge in [0.2, 0.25) is 5.91 Å². The first-order valence-corrected chi connectivity index (χ1v) is 8.53. The summed E-state index contributed by atoms with van der Waals surface area (Å²) in [6.07, 6.45) is 0.580. The Kier molecular flexibility index (Phi) is 7.09. The number of carbonyl (C=O) groups excluding carboxylic acids is 2. The summed E-state index contributed by atoms with van der Waals surface area (Å²) in [7, 11) is 0. The molecule has 0 aliphatic carbocycles. The quantitative estimate of drug-likeness (QED) is 0.713. The maximum absolute atomic E-state index is 13.5. The van der Waals surface area contributed by atoms with Gasteiger partial charge in [-0.25, -0.2) is 8.78 Å². The van der Waals surface area contributed by atoms with E-state index in [4.69, 9.17) is 11.6 Å². The highest BCUT2D eigenvalue weighted by molar-refractivity contribution is 6.31. The van der Waals surface area contributed by atoms with Crippen LogP contribution in [0.4, 0.5) is 8.78 Å². The molecule has 2 aromatic rings. The number of hydrogen-bond donors (Lipinski definition) is 2. The van der Waals surface area contributed by atoms with Crippen LogP contribution >= 0.6 is 11.6 Å². The molecule has 2 N–H and O–H groups in total. The molecule has 0 radical (unpaired) electrons. The maximum atomic E-state index is 13.5. The van der Waals surface area contributed by atoms with Crippen molar-refractivity contribution in [3.63, 3.8) is 0 Å². The zero-order chi connectivity index (χ0) is 19.1. The molecule has 0 aliphatic rings. The molecular formula is C19H19ClF2N2O2. The minimum atomic E-state index is -0.922. The van der Waals surface area contributed by atoms with E-state index >= 15 is 0 Å². The van der Waals surface area contributed by atoms with Crippen LogP contribution in [-0.2, 0) is 4.79 Å². The van der Waals surface area contributed by atoms with E-state index in [0.717, 1.165) is 17.7 Å². The Morgan fingerprint density at radius 2 is 1.88 bits per heavy atom. The van der Waals surface area contributed by atoms with Gasteiger partial charge < -0.3 is 10.6 Å². The Balaban J connectivity index is 1.74. The Labute approximate surface area is 155 Å². The van der Waals surface area contributed by atoms with Gasteiger partial charge in [-0.15, -0.1) is 0 Å². The summed E-state index contributed by atoms with van der Waals surface area (Å²) in [5.74, 6) is -2.50. The van der Waals surface area contributed by atoms with Crippen LogP contribution in [0, 0.1) is 11.6 Å². The van der Waals surface area contributed by atoms with Crippen molar-refractivity contribution in [3.8, 4) is 0 Å². The van der Waals surface area contributed by atoms with Crippen molar-refractivity contribution in [2.45, 2.75) is 25.8 Å². The second-order valence-electron chi connectivity index (χ2n) is 5.79. The fourth-order valence-corrected chi connectivity index (χ4v) is 2.74. The minimum Gasteiger partial charge on any atom is -0.352 e. The van der Waals surface area contributed by atoms with Gasteiger partial charge in [-0.1, -0.05) is 29.8 Å². The molecule has 1 unspecified atom stereocenters. The van der Waals surface area contributed by atoms with Crippen LogP contribution in [0.5, 0.6) is 0 Å². The van der Waals surface area contributed by atoms with Gasteiger partial charge >= 0.3 is 0 Å². The van der Waals surface area contributed by atoms with Gasteiger partial charge in [0.1, 0.15) is 11.6 Å². The topological polar surface area (TPSA) is 58.2 Å². The third kappa shape index (κ3) is 5.52. The third-order valence-corrected chi connectivity index (χ3v) is 4.14. The maximum Gasteiger partial charge on any atom is 0.254 e. The summed E-state index contributed by atoms with van der Waals surface area (Å²) in [6.45, 7) is 2.03. The van der Waals surface area contributed by atoms with E-state index in [1.165, 1.54) is 0 Å². The zero-order valence-electron chi connectivity index (χ0n) is 14.2. The second kappa shape index (κ2) is 9.29. The molecule has 138 valence electrons. The largest absolute Gasteiger partial charge is 0.352 e. The summed E-state index contributed by atoms with van der Waals surface area (Å²) >= 11 is 6.09. The molecule has 0 spiro atoms. The lowest BCUT2D eigenvalue weighted by Crippen LogP contribution is -2.29. The van der Waals surface area contributed by atoms with Crippen LogP contribution in [0.3, 0.4) is 0 Å². The van der Waals surface area contributed by atoms with Crippen LogP contribution in [-0.4, -0.2) is 18.4 Å². The van der Waals surface area contributed by atoms with Crippen molar-refractivity contribution >= 4 is 23.4 Å². The van der Waals surface area contributed by atoms with Crippen molar-refractivity contribution in [3.05, 3.63) is 70.2 Å². The number of nitrogens with one attached hydrogen (secondary N) is 2. The number of hydrogen-bond acceptors (Lipinski definition) is 2. The second-order valence-corrected chi connectivity index (χ2v) is 6.20. The van der Waals surface area contributed by atoms with Gasteiger partial charge in [0.05, 0.1) is 11.6 Å². The predicted molar refractivity (Wildman–Crippen MR) is 95.9 cm³/mol. The van der Waals surface area contributed by atoms with Gasteiger partial charge in [-0.2, -0.15) is 0 Å². The van der Waals surface area contributed by atoms with Crippen molar-refractivity contribution in [1.82, 2.24) is 10.6 Å². The van der Waals surface area contributed by atoms with Crippen LogP contribution in [0.15, 0.2) is 42.5 Å². The first kappa shape index (κ1) is 19.8. The smallest absolute Gasteiger partial charge is 0.254 e. The first-order valence-electron chi connectivity index (χ1n) is 8.15. The molecular weight excluding hydrogens is 362 g/mol. The summed E-state index contributed by atoms with van der Waals surface area (Å²) in [6, 6.07) is 9.76. The van der Waals surface area contributed by atoms with E-state index in [9.17, 15) is 18.4 Å². The van der Waals surface area contributed by atoms with Gasteiger partial charge in [0, 0.05) is 24.1 Å². The number of amides is 2. The van der Waals surface area contributed by atoms with Crippen LogP contribution in [0.1, 0.15) is 41.7 Å². The number of benzene rings is 2. The molecule has 2 amide bonds. The molecule has 2 aromatic carbocycles. The fourth-order valence-electron chi connectivity index (χ4n) is 2.44. The number of halogens is 3. The van der Waals surface area contributed by atoms with E-state index in [2.05, 4.69) is 10.6 Å². The predicted octanol–water partition coefficient (Wildman–Crippen LogP) is 4.01. The molecule has 4 nitrogen and oxygen atoms in total.